The van der Waals surface area contributed by atoms with Gasteiger partial charge in [0.1, 0.15) is 6.04 Å². The zero-order chi connectivity index (χ0) is 18.5. The van der Waals surface area contributed by atoms with Gasteiger partial charge in [-0.3, -0.25) is 9.59 Å². The standard InChI is InChI=1S/C20H26N2O4/c23-18(9-8-15-5-2-1-3-6-15)21-13-10-16(11-14-21)19(24)22-12-4-7-17(22)20(25)26/h1-3,5-6,16-17H,4,7-14H2,(H,25,26). The second-order valence-electron chi connectivity index (χ2n) is 7.17. The Kier molecular flexibility index (Phi) is 5.91. The van der Waals surface area contributed by atoms with E-state index in [1.807, 2.05) is 35.2 Å². The lowest BCUT2D eigenvalue weighted by Gasteiger charge is -2.34. The van der Waals surface area contributed by atoms with Crippen molar-refractivity contribution in [2.45, 2.75) is 44.6 Å². The van der Waals surface area contributed by atoms with Crippen LogP contribution in [0.3, 0.4) is 0 Å². The number of piperidine rings is 1. The fourth-order valence-electron chi connectivity index (χ4n) is 3.95. The molecule has 2 aliphatic rings. The Bertz CT molecular complexity index is 653. The first-order valence-corrected chi connectivity index (χ1v) is 9.41. The molecule has 2 heterocycles. The van der Waals surface area contributed by atoms with Crippen molar-refractivity contribution in [1.29, 1.82) is 0 Å². The molecule has 0 radical (unpaired) electrons. The molecule has 1 N–H and O–H groups in total. The normalized spacial score (nSPS) is 21.0. The lowest BCUT2D eigenvalue weighted by atomic mass is 9.94. The zero-order valence-electron chi connectivity index (χ0n) is 15.0. The molecular formula is C20H26N2O4. The van der Waals surface area contributed by atoms with Gasteiger partial charge in [-0.1, -0.05) is 30.3 Å². The number of likely N-dealkylation sites (tertiary alicyclic amines) is 2. The van der Waals surface area contributed by atoms with Crippen LogP contribution in [0, 0.1) is 5.92 Å². The Morgan fingerprint density at radius 2 is 1.69 bits per heavy atom. The fraction of sp³-hybridized carbons (Fsp3) is 0.550. The minimum Gasteiger partial charge on any atom is -0.480 e. The summed E-state index contributed by atoms with van der Waals surface area (Å²) in [5.41, 5.74) is 1.15. The van der Waals surface area contributed by atoms with Gasteiger partial charge in [0.2, 0.25) is 11.8 Å². The quantitative estimate of drug-likeness (QED) is 0.872. The summed E-state index contributed by atoms with van der Waals surface area (Å²) in [5, 5.41) is 9.25. The fourth-order valence-corrected chi connectivity index (χ4v) is 3.95. The Hall–Kier alpha value is -2.37. The molecule has 0 bridgehead atoms. The Morgan fingerprint density at radius 1 is 1.00 bits per heavy atom. The number of carbonyl (C=O) groups is 3. The third kappa shape index (κ3) is 4.23. The van der Waals surface area contributed by atoms with Gasteiger partial charge >= 0.3 is 5.97 Å². The van der Waals surface area contributed by atoms with E-state index in [1.54, 1.807) is 0 Å². The first kappa shape index (κ1) is 18.4. The zero-order valence-corrected chi connectivity index (χ0v) is 15.0. The molecule has 2 saturated heterocycles. The van der Waals surface area contributed by atoms with Gasteiger partial charge < -0.3 is 14.9 Å². The number of nitrogens with zero attached hydrogens (tertiary/aromatic N) is 2. The molecule has 0 spiro atoms. The molecule has 1 aromatic rings. The minimum absolute atomic E-state index is 0.0497. The van der Waals surface area contributed by atoms with Crippen molar-refractivity contribution in [2.24, 2.45) is 5.92 Å². The summed E-state index contributed by atoms with van der Waals surface area (Å²) < 4.78 is 0. The largest absolute Gasteiger partial charge is 0.480 e. The van der Waals surface area contributed by atoms with Gasteiger partial charge in [-0.15, -0.1) is 0 Å². The lowest BCUT2D eigenvalue weighted by Crippen LogP contribution is -2.47. The number of carboxylic acids is 1. The maximum atomic E-state index is 12.7. The average Bonchev–Trinajstić information content (AvgIpc) is 3.16. The Morgan fingerprint density at radius 3 is 2.35 bits per heavy atom. The molecule has 1 aromatic carbocycles. The maximum Gasteiger partial charge on any atom is 0.326 e. The smallest absolute Gasteiger partial charge is 0.326 e. The van der Waals surface area contributed by atoms with Gasteiger partial charge in [-0.2, -0.15) is 0 Å². The van der Waals surface area contributed by atoms with E-state index in [9.17, 15) is 19.5 Å². The highest BCUT2D eigenvalue weighted by Crippen LogP contribution is 2.25. The van der Waals surface area contributed by atoms with E-state index in [0.29, 0.717) is 45.3 Å². The summed E-state index contributed by atoms with van der Waals surface area (Å²) >= 11 is 0. The van der Waals surface area contributed by atoms with Crippen molar-refractivity contribution in [1.82, 2.24) is 9.80 Å². The van der Waals surface area contributed by atoms with E-state index >= 15 is 0 Å². The number of hydrogen-bond donors (Lipinski definition) is 1. The molecule has 2 fully saturated rings. The van der Waals surface area contributed by atoms with Crippen molar-refractivity contribution in [3.63, 3.8) is 0 Å². The molecule has 2 aliphatic heterocycles. The summed E-state index contributed by atoms with van der Waals surface area (Å²) in [7, 11) is 0. The third-order valence-electron chi connectivity index (χ3n) is 5.49. The van der Waals surface area contributed by atoms with Crippen LogP contribution in [0.4, 0.5) is 0 Å². The van der Waals surface area contributed by atoms with Crippen molar-refractivity contribution in [2.75, 3.05) is 19.6 Å². The van der Waals surface area contributed by atoms with Crippen molar-refractivity contribution >= 4 is 17.8 Å². The second-order valence-corrected chi connectivity index (χ2v) is 7.17. The van der Waals surface area contributed by atoms with Crippen molar-refractivity contribution < 1.29 is 19.5 Å². The predicted molar refractivity (Wildman–Crippen MR) is 96.4 cm³/mol. The van der Waals surface area contributed by atoms with Crippen LogP contribution >= 0.6 is 0 Å². The highest BCUT2D eigenvalue weighted by atomic mass is 16.4. The number of aryl methyl sites for hydroxylation is 1. The van der Waals surface area contributed by atoms with Gasteiger partial charge in [0, 0.05) is 32.0 Å². The van der Waals surface area contributed by atoms with Crippen LogP contribution in [0.5, 0.6) is 0 Å². The lowest BCUT2D eigenvalue weighted by molar-refractivity contribution is -0.151. The van der Waals surface area contributed by atoms with E-state index in [2.05, 4.69) is 0 Å². The highest BCUT2D eigenvalue weighted by Gasteiger charge is 2.38. The van der Waals surface area contributed by atoms with Crippen LogP contribution in [-0.4, -0.2) is 58.4 Å². The molecule has 6 heteroatoms. The molecule has 1 atom stereocenters. The van der Waals surface area contributed by atoms with Gasteiger partial charge in [0.25, 0.3) is 0 Å². The highest BCUT2D eigenvalue weighted by molar-refractivity contribution is 5.86. The van der Waals surface area contributed by atoms with E-state index in [-0.39, 0.29) is 17.7 Å². The molecule has 26 heavy (non-hydrogen) atoms. The number of aliphatic carboxylic acids is 1. The SMILES string of the molecule is O=C(O)C1CCCN1C(=O)C1CCN(C(=O)CCc2ccccc2)CC1. The van der Waals surface area contributed by atoms with Crippen LogP contribution in [0.1, 0.15) is 37.7 Å². The first-order chi connectivity index (χ1) is 12.6. The summed E-state index contributed by atoms with van der Waals surface area (Å²) in [4.78, 5) is 39.7. The molecular weight excluding hydrogens is 332 g/mol. The average molecular weight is 358 g/mol. The Labute approximate surface area is 153 Å². The van der Waals surface area contributed by atoms with E-state index in [0.717, 1.165) is 18.4 Å². The van der Waals surface area contributed by atoms with E-state index < -0.39 is 12.0 Å². The summed E-state index contributed by atoms with van der Waals surface area (Å²) in [6.45, 7) is 1.69. The Balaban J connectivity index is 1.47. The molecule has 2 amide bonds. The third-order valence-corrected chi connectivity index (χ3v) is 5.49. The monoisotopic (exact) mass is 358 g/mol. The summed E-state index contributed by atoms with van der Waals surface area (Å²) in [5.74, 6) is -0.992. The van der Waals surface area contributed by atoms with Crippen LogP contribution < -0.4 is 0 Å². The van der Waals surface area contributed by atoms with Gasteiger partial charge in [-0.05, 0) is 37.7 Å². The van der Waals surface area contributed by atoms with Crippen LogP contribution in [-0.2, 0) is 20.8 Å². The number of carboxylic acid groups (broad SMARTS) is 1. The molecule has 6 nitrogen and oxygen atoms in total. The molecule has 0 aromatic heterocycles. The number of carbonyl (C=O) groups excluding carboxylic acids is 2. The number of benzene rings is 1. The predicted octanol–water partition coefficient (Wildman–Crippen LogP) is 1.93. The van der Waals surface area contributed by atoms with Crippen LogP contribution in [0.15, 0.2) is 30.3 Å². The maximum absolute atomic E-state index is 12.7. The van der Waals surface area contributed by atoms with E-state index in [1.165, 1.54) is 4.90 Å². The van der Waals surface area contributed by atoms with Crippen LogP contribution in [0.25, 0.3) is 0 Å². The summed E-state index contributed by atoms with van der Waals surface area (Å²) in [6, 6.07) is 9.27. The van der Waals surface area contributed by atoms with Crippen LogP contribution in [0.2, 0.25) is 0 Å². The molecule has 0 aliphatic carbocycles. The summed E-state index contributed by atoms with van der Waals surface area (Å²) in [6.07, 6.45) is 3.75. The van der Waals surface area contributed by atoms with E-state index in [4.69, 9.17) is 0 Å². The van der Waals surface area contributed by atoms with Gasteiger partial charge in [0.05, 0.1) is 0 Å². The topological polar surface area (TPSA) is 77.9 Å². The minimum atomic E-state index is -0.913. The molecule has 0 saturated carbocycles. The number of hydrogen-bond acceptors (Lipinski definition) is 3. The molecule has 140 valence electrons. The van der Waals surface area contributed by atoms with Crippen molar-refractivity contribution in [3.05, 3.63) is 35.9 Å². The molecule has 1 unspecified atom stereocenters. The first-order valence-electron chi connectivity index (χ1n) is 9.41. The van der Waals surface area contributed by atoms with Gasteiger partial charge in [-0.25, -0.2) is 4.79 Å². The molecule has 3 rings (SSSR count). The second kappa shape index (κ2) is 8.34. The van der Waals surface area contributed by atoms with Gasteiger partial charge in [0.15, 0.2) is 0 Å². The number of rotatable bonds is 5. The number of amides is 2. The van der Waals surface area contributed by atoms with Crippen molar-refractivity contribution in [3.8, 4) is 0 Å².